The van der Waals surface area contributed by atoms with E-state index in [9.17, 15) is 4.79 Å². The van der Waals surface area contributed by atoms with Crippen molar-refractivity contribution in [3.05, 3.63) is 29.8 Å². The Labute approximate surface area is 112 Å². The number of carbonyl (C=O) groups is 1. The first-order valence-corrected chi connectivity index (χ1v) is 6.98. The van der Waals surface area contributed by atoms with Gasteiger partial charge in [-0.05, 0) is 43.4 Å². The molecule has 4 heteroatoms. The van der Waals surface area contributed by atoms with Gasteiger partial charge in [0.25, 0.3) is 0 Å². The van der Waals surface area contributed by atoms with Crippen LogP contribution in [0, 0.1) is 0 Å². The van der Waals surface area contributed by atoms with E-state index in [0.717, 1.165) is 37.0 Å². The molecule has 4 nitrogen and oxygen atoms in total. The Balaban J connectivity index is 1.70. The molecule has 0 radical (unpaired) electrons. The highest BCUT2D eigenvalue weighted by Crippen LogP contribution is 2.49. The zero-order chi connectivity index (χ0) is 13.0. The van der Waals surface area contributed by atoms with Crippen molar-refractivity contribution in [1.82, 2.24) is 10.2 Å². The van der Waals surface area contributed by atoms with Crippen molar-refractivity contribution in [2.24, 2.45) is 0 Å². The van der Waals surface area contributed by atoms with E-state index >= 15 is 0 Å². The summed E-state index contributed by atoms with van der Waals surface area (Å²) in [5.41, 5.74) is 0.888. The molecule has 3 fully saturated rings. The predicted molar refractivity (Wildman–Crippen MR) is 70.7 cm³/mol. The molecule has 3 aliphatic rings. The molecule has 0 aromatic heterocycles. The Hall–Kier alpha value is -1.55. The highest BCUT2D eigenvalue weighted by Gasteiger charge is 2.61. The van der Waals surface area contributed by atoms with E-state index in [0.29, 0.717) is 11.9 Å². The van der Waals surface area contributed by atoms with Crippen LogP contribution >= 0.6 is 0 Å². The second-order valence-electron chi connectivity index (χ2n) is 5.85. The topological polar surface area (TPSA) is 41.6 Å². The first kappa shape index (κ1) is 11.3. The lowest BCUT2D eigenvalue weighted by Crippen LogP contribution is -2.33. The van der Waals surface area contributed by atoms with Gasteiger partial charge in [-0.2, -0.15) is 0 Å². The molecule has 1 saturated heterocycles. The molecule has 100 valence electrons. The second-order valence-corrected chi connectivity index (χ2v) is 5.85. The Kier molecular flexibility index (Phi) is 2.22. The number of nitrogens with zero attached hydrogens (tertiary/aromatic N) is 1. The molecule has 19 heavy (non-hydrogen) atoms. The number of benzene rings is 1. The third-order valence-electron chi connectivity index (χ3n) is 4.43. The van der Waals surface area contributed by atoms with Crippen LogP contribution in [0.3, 0.4) is 0 Å². The Bertz CT molecular complexity index is 535. The molecular formula is C15H18N2O2. The van der Waals surface area contributed by atoms with Crippen LogP contribution < -0.4 is 10.1 Å². The fraction of sp³-hybridized carbons (Fsp3) is 0.533. The Morgan fingerprint density at radius 2 is 2.16 bits per heavy atom. The van der Waals surface area contributed by atoms with Crippen LogP contribution in [-0.2, 0) is 4.79 Å². The Morgan fingerprint density at radius 3 is 2.79 bits per heavy atom. The van der Waals surface area contributed by atoms with Crippen molar-refractivity contribution in [3.8, 4) is 5.75 Å². The fourth-order valence-electron chi connectivity index (χ4n) is 3.03. The van der Waals surface area contributed by atoms with Gasteiger partial charge in [-0.15, -0.1) is 0 Å². The van der Waals surface area contributed by atoms with Crippen LogP contribution in [0.5, 0.6) is 5.75 Å². The quantitative estimate of drug-likeness (QED) is 0.899. The molecular weight excluding hydrogens is 240 g/mol. The van der Waals surface area contributed by atoms with E-state index in [2.05, 4.69) is 16.3 Å². The zero-order valence-electron chi connectivity index (χ0n) is 11.1. The van der Waals surface area contributed by atoms with Crippen LogP contribution in [0.15, 0.2) is 24.3 Å². The molecule has 1 aromatic carbocycles. The summed E-state index contributed by atoms with van der Waals surface area (Å²) >= 11 is 0. The van der Waals surface area contributed by atoms with Gasteiger partial charge in [-0.25, -0.2) is 0 Å². The number of methoxy groups -OCH3 is 1. The molecule has 1 N–H and O–H groups in total. The monoisotopic (exact) mass is 258 g/mol. The van der Waals surface area contributed by atoms with E-state index in [-0.39, 0.29) is 11.7 Å². The van der Waals surface area contributed by atoms with Crippen LogP contribution in [-0.4, -0.2) is 29.5 Å². The second kappa shape index (κ2) is 3.73. The van der Waals surface area contributed by atoms with Gasteiger partial charge in [0, 0.05) is 6.04 Å². The van der Waals surface area contributed by atoms with Crippen molar-refractivity contribution in [2.45, 2.75) is 43.4 Å². The minimum absolute atomic E-state index is 0.0256. The third-order valence-corrected chi connectivity index (χ3v) is 4.43. The molecule has 1 amide bonds. The van der Waals surface area contributed by atoms with Crippen LogP contribution in [0.2, 0.25) is 0 Å². The molecule has 0 bridgehead atoms. The average molecular weight is 258 g/mol. The number of carbonyl (C=O) groups excluding carboxylic acids is 1. The lowest BCUT2D eigenvalue weighted by atomic mass is 10.1. The number of ether oxygens (including phenoxy) is 1. The van der Waals surface area contributed by atoms with Crippen molar-refractivity contribution >= 4 is 5.91 Å². The van der Waals surface area contributed by atoms with Crippen molar-refractivity contribution < 1.29 is 9.53 Å². The van der Waals surface area contributed by atoms with Crippen LogP contribution in [0.25, 0.3) is 0 Å². The van der Waals surface area contributed by atoms with Gasteiger partial charge in [0.15, 0.2) is 0 Å². The van der Waals surface area contributed by atoms with Crippen LogP contribution in [0.1, 0.15) is 37.4 Å². The summed E-state index contributed by atoms with van der Waals surface area (Å²) in [5, 5.41) is 3.55. The highest BCUT2D eigenvalue weighted by molar-refractivity contribution is 5.92. The molecule has 1 unspecified atom stereocenters. The highest BCUT2D eigenvalue weighted by atomic mass is 16.5. The standard InChI is InChI=1S/C15H18N2O2/c1-19-12-4-2-3-10(9-12)13-16-15(7-8-15)14(18)17(13)11-5-6-11/h2-4,9,11,13,16H,5-8H2,1H3. The number of hydrogen-bond acceptors (Lipinski definition) is 3. The molecule has 4 rings (SSSR count). The third kappa shape index (κ3) is 1.66. The lowest BCUT2D eigenvalue weighted by Gasteiger charge is -2.24. The summed E-state index contributed by atoms with van der Waals surface area (Å²) in [5.74, 6) is 1.15. The number of hydrogen-bond donors (Lipinski definition) is 1. The normalized spacial score (nSPS) is 27.9. The van der Waals surface area contributed by atoms with E-state index in [1.54, 1.807) is 7.11 Å². The number of nitrogens with one attached hydrogen (secondary N) is 1. The number of amides is 1. The van der Waals surface area contributed by atoms with Crippen molar-refractivity contribution in [2.75, 3.05) is 7.11 Å². The van der Waals surface area contributed by atoms with E-state index in [4.69, 9.17) is 4.74 Å². The van der Waals surface area contributed by atoms with Gasteiger partial charge in [-0.1, -0.05) is 12.1 Å². The summed E-state index contributed by atoms with van der Waals surface area (Å²) in [6.45, 7) is 0. The summed E-state index contributed by atoms with van der Waals surface area (Å²) in [6.07, 6.45) is 4.27. The summed E-state index contributed by atoms with van der Waals surface area (Å²) in [7, 11) is 1.67. The molecule has 1 heterocycles. The molecule has 2 aliphatic carbocycles. The Morgan fingerprint density at radius 1 is 1.37 bits per heavy atom. The fourth-order valence-corrected chi connectivity index (χ4v) is 3.03. The van der Waals surface area contributed by atoms with Gasteiger partial charge in [0.2, 0.25) is 5.91 Å². The van der Waals surface area contributed by atoms with Crippen molar-refractivity contribution in [3.63, 3.8) is 0 Å². The van der Waals surface area contributed by atoms with Crippen LogP contribution in [0.4, 0.5) is 0 Å². The number of rotatable bonds is 3. The van der Waals surface area contributed by atoms with Gasteiger partial charge in [-0.3, -0.25) is 10.1 Å². The van der Waals surface area contributed by atoms with E-state index < -0.39 is 0 Å². The summed E-state index contributed by atoms with van der Waals surface area (Å²) < 4.78 is 5.29. The first-order valence-electron chi connectivity index (χ1n) is 6.98. The average Bonchev–Trinajstić information content (AvgIpc) is 3.32. The van der Waals surface area contributed by atoms with Gasteiger partial charge in [0.1, 0.15) is 17.5 Å². The van der Waals surface area contributed by atoms with E-state index in [1.165, 1.54) is 0 Å². The molecule has 1 aromatic rings. The lowest BCUT2D eigenvalue weighted by molar-refractivity contribution is -0.131. The maximum atomic E-state index is 12.5. The molecule has 2 saturated carbocycles. The molecule has 1 atom stereocenters. The van der Waals surface area contributed by atoms with Gasteiger partial charge >= 0.3 is 0 Å². The SMILES string of the molecule is COc1cccc(C2NC3(CC3)C(=O)N2C2CC2)c1. The largest absolute Gasteiger partial charge is 0.497 e. The minimum atomic E-state index is -0.240. The maximum absolute atomic E-state index is 12.5. The van der Waals surface area contributed by atoms with Gasteiger partial charge < -0.3 is 9.64 Å². The minimum Gasteiger partial charge on any atom is -0.497 e. The first-order chi connectivity index (χ1) is 9.23. The summed E-state index contributed by atoms with van der Waals surface area (Å²) in [6, 6.07) is 8.47. The molecule has 1 spiro atoms. The molecule has 1 aliphatic heterocycles. The van der Waals surface area contributed by atoms with Crippen molar-refractivity contribution in [1.29, 1.82) is 0 Å². The maximum Gasteiger partial charge on any atom is 0.244 e. The van der Waals surface area contributed by atoms with Gasteiger partial charge in [0.05, 0.1) is 7.11 Å². The van der Waals surface area contributed by atoms with E-state index in [1.807, 2.05) is 18.2 Å². The smallest absolute Gasteiger partial charge is 0.244 e. The predicted octanol–water partition coefficient (Wildman–Crippen LogP) is 1.82. The zero-order valence-corrected chi connectivity index (χ0v) is 11.1. The summed E-state index contributed by atoms with van der Waals surface area (Å²) in [4.78, 5) is 14.6.